The summed E-state index contributed by atoms with van der Waals surface area (Å²) in [5, 5.41) is 2.76. The Kier molecular flexibility index (Phi) is 3.45. The van der Waals surface area contributed by atoms with Crippen molar-refractivity contribution < 1.29 is 4.79 Å². The van der Waals surface area contributed by atoms with Crippen LogP contribution in [0.1, 0.15) is 15.9 Å². The van der Waals surface area contributed by atoms with Gasteiger partial charge in [-0.05, 0) is 24.6 Å². The topological polar surface area (TPSA) is 81.8 Å². The van der Waals surface area contributed by atoms with Crippen LogP contribution in [0.15, 0.2) is 42.3 Å². The van der Waals surface area contributed by atoms with Gasteiger partial charge in [-0.15, -0.1) is 11.3 Å². The predicted octanol–water partition coefficient (Wildman–Crippen LogP) is 2.67. The van der Waals surface area contributed by atoms with Crippen molar-refractivity contribution in [3.63, 3.8) is 0 Å². The Morgan fingerprint density at radius 2 is 2.10 bits per heavy atom. The number of thiazole rings is 1. The maximum absolute atomic E-state index is 11.2. The van der Waals surface area contributed by atoms with Crippen molar-refractivity contribution in [1.29, 1.82) is 0 Å². The zero-order valence-corrected chi connectivity index (χ0v) is 12.1. The van der Waals surface area contributed by atoms with E-state index in [9.17, 15) is 4.79 Å². The van der Waals surface area contributed by atoms with Gasteiger partial charge in [-0.3, -0.25) is 14.8 Å². The molecule has 3 rings (SSSR count). The van der Waals surface area contributed by atoms with E-state index in [-0.39, 0.29) is 0 Å². The first kappa shape index (κ1) is 13.4. The van der Waals surface area contributed by atoms with Gasteiger partial charge in [0.25, 0.3) is 0 Å². The number of aryl methyl sites for hydroxylation is 1. The van der Waals surface area contributed by atoms with Crippen LogP contribution in [0.2, 0.25) is 0 Å². The lowest BCUT2D eigenvalue weighted by Crippen LogP contribution is -2.11. The van der Waals surface area contributed by atoms with E-state index >= 15 is 0 Å². The highest BCUT2D eigenvalue weighted by Crippen LogP contribution is 2.29. The van der Waals surface area contributed by atoms with E-state index in [1.165, 1.54) is 17.5 Å². The lowest BCUT2D eigenvalue weighted by molar-refractivity contribution is 0.1000. The maximum Gasteiger partial charge on any atom is 0.250 e. The van der Waals surface area contributed by atoms with Gasteiger partial charge in [-0.1, -0.05) is 0 Å². The molecule has 0 saturated carbocycles. The standard InChI is InChI=1S/C15H12N4OS/c1-9-2-3-17-7-12(9)13-8-21-15(19-13)11-4-10(14(16)20)5-18-6-11/h2-8H,1H3,(H2,16,20). The zero-order chi connectivity index (χ0) is 14.8. The summed E-state index contributed by atoms with van der Waals surface area (Å²) in [7, 11) is 0. The fourth-order valence-electron chi connectivity index (χ4n) is 1.95. The van der Waals surface area contributed by atoms with Crippen LogP contribution in [-0.2, 0) is 0 Å². The third-order valence-electron chi connectivity index (χ3n) is 3.09. The Hall–Kier alpha value is -2.60. The van der Waals surface area contributed by atoms with Crippen LogP contribution in [0.25, 0.3) is 21.8 Å². The third-order valence-corrected chi connectivity index (χ3v) is 3.98. The smallest absolute Gasteiger partial charge is 0.250 e. The molecule has 1 amide bonds. The number of hydrogen-bond donors (Lipinski definition) is 1. The Bertz CT molecular complexity index is 813. The maximum atomic E-state index is 11.2. The van der Waals surface area contributed by atoms with E-state index in [0.29, 0.717) is 5.56 Å². The van der Waals surface area contributed by atoms with Gasteiger partial charge >= 0.3 is 0 Å². The number of carbonyl (C=O) groups excluding carboxylic acids is 1. The number of nitrogens with two attached hydrogens (primary N) is 1. The van der Waals surface area contributed by atoms with Gasteiger partial charge in [-0.25, -0.2) is 4.98 Å². The number of primary amides is 1. The van der Waals surface area contributed by atoms with E-state index < -0.39 is 5.91 Å². The van der Waals surface area contributed by atoms with Crippen molar-refractivity contribution in [3.05, 3.63) is 53.4 Å². The second-order valence-electron chi connectivity index (χ2n) is 4.56. The molecule has 0 aliphatic heterocycles. The molecule has 0 radical (unpaired) electrons. The first-order chi connectivity index (χ1) is 10.1. The monoisotopic (exact) mass is 296 g/mol. The Morgan fingerprint density at radius 1 is 1.24 bits per heavy atom. The average molecular weight is 296 g/mol. The third kappa shape index (κ3) is 2.66. The largest absolute Gasteiger partial charge is 0.366 e. The Balaban J connectivity index is 2.01. The molecule has 0 aromatic carbocycles. The van der Waals surface area contributed by atoms with Crippen LogP contribution >= 0.6 is 11.3 Å². The minimum absolute atomic E-state index is 0.377. The quantitative estimate of drug-likeness (QED) is 0.805. The first-order valence-electron chi connectivity index (χ1n) is 6.27. The summed E-state index contributed by atoms with van der Waals surface area (Å²) in [6, 6.07) is 3.65. The summed E-state index contributed by atoms with van der Waals surface area (Å²) in [5.41, 5.74) is 9.41. The Morgan fingerprint density at radius 3 is 2.86 bits per heavy atom. The molecule has 0 bridgehead atoms. The Labute approximate surface area is 125 Å². The number of pyridine rings is 2. The van der Waals surface area contributed by atoms with Gasteiger partial charge < -0.3 is 5.73 Å². The normalized spacial score (nSPS) is 10.5. The van der Waals surface area contributed by atoms with Gasteiger partial charge in [-0.2, -0.15) is 0 Å². The molecule has 104 valence electrons. The van der Waals surface area contributed by atoms with Crippen LogP contribution in [0.5, 0.6) is 0 Å². The molecule has 2 N–H and O–H groups in total. The number of nitrogens with zero attached hydrogens (tertiary/aromatic N) is 3. The molecule has 3 aromatic rings. The zero-order valence-electron chi connectivity index (χ0n) is 11.3. The van der Waals surface area contributed by atoms with Crippen molar-refractivity contribution in [1.82, 2.24) is 15.0 Å². The molecule has 0 aliphatic carbocycles. The number of amides is 1. The van der Waals surface area contributed by atoms with Crippen LogP contribution < -0.4 is 5.73 Å². The van der Waals surface area contributed by atoms with Crippen molar-refractivity contribution >= 4 is 17.2 Å². The van der Waals surface area contributed by atoms with Crippen LogP contribution in [0, 0.1) is 6.92 Å². The fraction of sp³-hybridized carbons (Fsp3) is 0.0667. The SMILES string of the molecule is Cc1ccncc1-c1csc(-c2cncc(C(N)=O)c2)n1. The molecule has 0 saturated heterocycles. The molecule has 0 spiro atoms. The molecule has 21 heavy (non-hydrogen) atoms. The number of aromatic nitrogens is 3. The van der Waals surface area contributed by atoms with Gasteiger partial charge in [0.1, 0.15) is 5.01 Å². The highest BCUT2D eigenvalue weighted by Gasteiger charge is 2.10. The molecule has 0 unspecified atom stereocenters. The summed E-state index contributed by atoms with van der Waals surface area (Å²) < 4.78 is 0. The van der Waals surface area contributed by atoms with Gasteiger partial charge in [0, 0.05) is 41.3 Å². The van der Waals surface area contributed by atoms with Crippen molar-refractivity contribution in [2.75, 3.05) is 0 Å². The highest BCUT2D eigenvalue weighted by molar-refractivity contribution is 7.13. The molecule has 0 aliphatic rings. The van der Waals surface area contributed by atoms with E-state index in [0.717, 1.165) is 27.4 Å². The molecular formula is C15H12N4OS. The van der Waals surface area contributed by atoms with Crippen LogP contribution in [0.4, 0.5) is 0 Å². The molecule has 5 nitrogen and oxygen atoms in total. The second kappa shape index (κ2) is 5.41. The average Bonchev–Trinajstić information content (AvgIpc) is 2.97. The molecule has 3 heterocycles. The van der Waals surface area contributed by atoms with Gasteiger partial charge in [0.2, 0.25) is 5.91 Å². The lowest BCUT2D eigenvalue weighted by atomic mass is 10.1. The summed E-state index contributed by atoms with van der Waals surface area (Å²) in [6.45, 7) is 2.02. The number of rotatable bonds is 3. The van der Waals surface area contributed by atoms with Crippen LogP contribution in [0.3, 0.4) is 0 Å². The summed E-state index contributed by atoms with van der Waals surface area (Å²) in [6.07, 6.45) is 6.68. The molecule has 3 aromatic heterocycles. The number of hydrogen-bond acceptors (Lipinski definition) is 5. The summed E-state index contributed by atoms with van der Waals surface area (Å²) in [5.74, 6) is -0.496. The van der Waals surface area contributed by atoms with E-state index in [2.05, 4.69) is 15.0 Å². The van der Waals surface area contributed by atoms with E-state index in [4.69, 9.17) is 5.73 Å². The van der Waals surface area contributed by atoms with Gasteiger partial charge in [0.05, 0.1) is 11.3 Å². The van der Waals surface area contributed by atoms with Crippen molar-refractivity contribution in [3.8, 4) is 21.8 Å². The van der Waals surface area contributed by atoms with Gasteiger partial charge in [0.15, 0.2) is 0 Å². The summed E-state index contributed by atoms with van der Waals surface area (Å²) >= 11 is 1.50. The lowest BCUT2D eigenvalue weighted by Gasteiger charge is -2.01. The number of carbonyl (C=O) groups is 1. The van der Waals surface area contributed by atoms with Crippen molar-refractivity contribution in [2.45, 2.75) is 6.92 Å². The molecule has 0 fully saturated rings. The first-order valence-corrected chi connectivity index (χ1v) is 7.15. The summed E-state index contributed by atoms with van der Waals surface area (Å²) in [4.78, 5) is 24.0. The minimum atomic E-state index is -0.496. The van der Waals surface area contributed by atoms with E-state index in [1.807, 2.05) is 18.4 Å². The second-order valence-corrected chi connectivity index (χ2v) is 5.41. The van der Waals surface area contributed by atoms with Crippen LogP contribution in [-0.4, -0.2) is 20.9 Å². The molecular weight excluding hydrogens is 284 g/mol. The molecule has 6 heteroatoms. The molecule has 0 atom stereocenters. The van der Waals surface area contributed by atoms with Crippen molar-refractivity contribution in [2.24, 2.45) is 5.73 Å². The predicted molar refractivity (Wildman–Crippen MR) is 81.8 cm³/mol. The van der Waals surface area contributed by atoms with E-state index in [1.54, 1.807) is 24.7 Å². The minimum Gasteiger partial charge on any atom is -0.366 e. The fourth-order valence-corrected chi connectivity index (χ4v) is 2.76. The highest BCUT2D eigenvalue weighted by atomic mass is 32.1.